The molecular formula is C31H40N4O5U. The number of nitrogens with zero attached hydrogens (tertiary/aromatic N) is 4. The van der Waals surface area contributed by atoms with Crippen molar-refractivity contribution in [3.63, 3.8) is 0 Å². The van der Waals surface area contributed by atoms with E-state index in [-0.39, 0.29) is 48.9 Å². The molecule has 10 heteroatoms. The third-order valence-corrected chi connectivity index (χ3v) is 8.27. The van der Waals surface area contributed by atoms with Gasteiger partial charge in [-0.2, -0.15) is 5.10 Å². The molecule has 41 heavy (non-hydrogen) atoms. The average Bonchev–Trinajstić information content (AvgIpc) is 3.38. The van der Waals surface area contributed by atoms with Crippen LogP contribution >= 0.6 is 0 Å². The molecule has 2 saturated heterocycles. The van der Waals surface area contributed by atoms with Crippen LogP contribution in [0, 0.1) is 38.0 Å². The van der Waals surface area contributed by atoms with Gasteiger partial charge >= 0.3 is 0 Å². The summed E-state index contributed by atoms with van der Waals surface area (Å²) in [6.45, 7) is 4.38. The summed E-state index contributed by atoms with van der Waals surface area (Å²) in [4.78, 5) is 9.80. The van der Waals surface area contributed by atoms with Crippen molar-refractivity contribution in [2.75, 3.05) is 26.9 Å². The fraction of sp³-hybridized carbons (Fsp3) is 0.516. The summed E-state index contributed by atoms with van der Waals surface area (Å²) in [6, 6.07) is 8.82. The monoisotopic (exact) mass is 786 g/mol. The standard InChI is InChI=1S/C30H34N4O3.CH4O.H2O.U/c1-19-15-21(8-11-31-19)28-24-16-22-18-32-34(27-7-2-3-12-36-27)26(22)17-25(24)30(37-23-5-4-6-23)33-29(28)20-9-13-35-14-10-20;1-2;;/h8,11,15-18,20,23,27H,2-7,9-10,12-14H2,1H3;2H,1H3;1H2;. The first kappa shape index (κ1) is 31.9. The van der Waals surface area contributed by atoms with E-state index < -0.39 is 0 Å². The van der Waals surface area contributed by atoms with Crippen LogP contribution in [-0.2, 0) is 9.47 Å². The van der Waals surface area contributed by atoms with Crippen LogP contribution in [0.3, 0.4) is 0 Å². The van der Waals surface area contributed by atoms with Crippen molar-refractivity contribution in [1.82, 2.24) is 19.7 Å². The van der Waals surface area contributed by atoms with E-state index in [1.807, 2.05) is 19.3 Å². The van der Waals surface area contributed by atoms with Crippen LogP contribution < -0.4 is 4.74 Å². The normalized spacial score (nSPS) is 19.4. The second-order valence-electron chi connectivity index (χ2n) is 10.8. The molecule has 5 heterocycles. The number of aromatic nitrogens is 4. The number of aliphatic hydroxyl groups is 1. The van der Waals surface area contributed by atoms with Crippen LogP contribution in [-0.4, -0.2) is 63.4 Å². The molecule has 3 N–H and O–H groups in total. The van der Waals surface area contributed by atoms with Gasteiger partial charge in [0.15, 0.2) is 6.23 Å². The molecule has 0 amide bonds. The summed E-state index contributed by atoms with van der Waals surface area (Å²) < 4.78 is 20.5. The maximum absolute atomic E-state index is 7.00. The molecule has 0 spiro atoms. The third kappa shape index (κ3) is 6.48. The molecule has 218 valence electrons. The van der Waals surface area contributed by atoms with Crippen molar-refractivity contribution in [1.29, 1.82) is 0 Å². The summed E-state index contributed by atoms with van der Waals surface area (Å²) in [6.07, 6.45) is 12.7. The fourth-order valence-corrected chi connectivity index (χ4v) is 5.99. The van der Waals surface area contributed by atoms with Crippen molar-refractivity contribution >= 4 is 21.7 Å². The van der Waals surface area contributed by atoms with Gasteiger partial charge in [0.1, 0.15) is 6.10 Å². The minimum atomic E-state index is -0.0171. The molecule has 1 aliphatic carbocycles. The first-order valence-electron chi connectivity index (χ1n) is 14.3. The number of benzene rings is 1. The average molecular weight is 787 g/mol. The summed E-state index contributed by atoms with van der Waals surface area (Å²) in [5, 5.41) is 15.1. The number of hydrogen-bond donors (Lipinski definition) is 1. The van der Waals surface area contributed by atoms with Crippen molar-refractivity contribution in [3.05, 3.63) is 48.0 Å². The minimum Gasteiger partial charge on any atom is -0.474 e. The predicted molar refractivity (Wildman–Crippen MR) is 155 cm³/mol. The molecule has 2 aliphatic heterocycles. The fourth-order valence-electron chi connectivity index (χ4n) is 5.99. The largest absolute Gasteiger partial charge is 0.474 e. The molecule has 7 rings (SSSR count). The zero-order valence-electron chi connectivity index (χ0n) is 23.9. The zero-order chi connectivity index (χ0) is 26.8. The quantitative estimate of drug-likeness (QED) is 0.293. The number of fused-ring (bicyclic) bond motifs is 2. The van der Waals surface area contributed by atoms with Gasteiger partial charge in [0.2, 0.25) is 5.88 Å². The number of aryl methyl sites for hydroxylation is 1. The van der Waals surface area contributed by atoms with Crippen molar-refractivity contribution < 1.29 is 55.9 Å². The molecule has 1 aromatic carbocycles. The zero-order valence-corrected chi connectivity index (χ0v) is 28.1. The van der Waals surface area contributed by atoms with Crippen LogP contribution in [0.15, 0.2) is 36.7 Å². The Bertz CT molecular complexity index is 1450. The number of rotatable bonds is 5. The van der Waals surface area contributed by atoms with E-state index >= 15 is 0 Å². The number of aliphatic hydroxyl groups excluding tert-OH is 1. The third-order valence-electron chi connectivity index (χ3n) is 8.27. The minimum absolute atomic E-state index is 0. The summed E-state index contributed by atoms with van der Waals surface area (Å²) in [5.41, 5.74) is 5.55. The van der Waals surface area contributed by atoms with E-state index in [9.17, 15) is 0 Å². The van der Waals surface area contributed by atoms with Gasteiger partial charge in [0.25, 0.3) is 0 Å². The van der Waals surface area contributed by atoms with Crippen LogP contribution in [0.25, 0.3) is 32.8 Å². The van der Waals surface area contributed by atoms with E-state index in [0.717, 1.165) is 111 Å². The Kier molecular flexibility index (Phi) is 11.2. The molecule has 1 saturated carbocycles. The van der Waals surface area contributed by atoms with Gasteiger partial charge in [-0.3, -0.25) is 4.98 Å². The molecule has 3 aliphatic rings. The van der Waals surface area contributed by atoms with Crippen LogP contribution in [0.1, 0.15) is 74.9 Å². The Morgan fingerprint density at radius 1 is 0.951 bits per heavy atom. The topological polar surface area (TPSA) is 123 Å². The predicted octanol–water partition coefficient (Wildman–Crippen LogP) is 5.26. The molecule has 0 bridgehead atoms. The van der Waals surface area contributed by atoms with Crippen molar-refractivity contribution in [2.45, 2.75) is 76.5 Å². The molecular weight excluding hydrogens is 746 g/mol. The Balaban J connectivity index is 0.000000948. The SMILES string of the molecule is CO.Cc1cc(-c2c(C3CCOCC3)nc(OC3CCC3)c3cc4c(cnn4C4CCCCO4)cc23)ccn1.O.[U]. The van der Waals surface area contributed by atoms with Gasteiger partial charge in [-0.1, -0.05) is 0 Å². The second-order valence-corrected chi connectivity index (χ2v) is 10.8. The van der Waals surface area contributed by atoms with Gasteiger partial charge in [-0.05, 0) is 93.5 Å². The summed E-state index contributed by atoms with van der Waals surface area (Å²) in [7, 11) is 1.00. The van der Waals surface area contributed by atoms with Crippen LogP contribution in [0.2, 0.25) is 0 Å². The Morgan fingerprint density at radius 3 is 2.44 bits per heavy atom. The Labute approximate surface area is 264 Å². The van der Waals surface area contributed by atoms with Gasteiger partial charge in [-0.15, -0.1) is 0 Å². The molecule has 3 fully saturated rings. The van der Waals surface area contributed by atoms with E-state index in [1.165, 1.54) is 17.4 Å². The Hall–Kier alpha value is -2.06. The smallest absolute Gasteiger partial charge is 0.221 e. The molecule has 4 aromatic rings. The maximum Gasteiger partial charge on any atom is 0.221 e. The maximum atomic E-state index is 7.00. The Morgan fingerprint density at radius 2 is 1.76 bits per heavy atom. The first-order chi connectivity index (χ1) is 19.2. The second kappa shape index (κ2) is 14.4. The van der Waals surface area contributed by atoms with Crippen molar-refractivity contribution in [2.24, 2.45) is 0 Å². The van der Waals surface area contributed by atoms with E-state index in [2.05, 4.69) is 33.9 Å². The van der Waals surface area contributed by atoms with Gasteiger partial charge in [-0.25, -0.2) is 9.67 Å². The van der Waals surface area contributed by atoms with Gasteiger partial charge in [0.05, 0.1) is 17.4 Å². The van der Waals surface area contributed by atoms with Crippen LogP contribution in [0.5, 0.6) is 5.88 Å². The molecule has 9 nitrogen and oxygen atoms in total. The van der Waals surface area contributed by atoms with Gasteiger partial charge < -0.3 is 24.8 Å². The molecule has 3 aromatic heterocycles. The molecule has 1 unspecified atom stereocenters. The van der Waals surface area contributed by atoms with E-state index in [1.54, 1.807) is 0 Å². The first-order valence-corrected chi connectivity index (χ1v) is 14.3. The van der Waals surface area contributed by atoms with Crippen molar-refractivity contribution in [3.8, 4) is 17.0 Å². The van der Waals surface area contributed by atoms with Crippen LogP contribution in [0.4, 0.5) is 0 Å². The van der Waals surface area contributed by atoms with E-state index in [0.29, 0.717) is 5.92 Å². The summed E-state index contributed by atoms with van der Waals surface area (Å²) >= 11 is 0. The number of pyridine rings is 2. The van der Waals surface area contributed by atoms with Gasteiger partial charge in [0, 0.05) is 92.2 Å². The molecule has 1 atom stereocenters. The molecule has 0 radical (unpaired) electrons. The number of hydrogen-bond acceptors (Lipinski definition) is 7. The van der Waals surface area contributed by atoms with E-state index in [4.69, 9.17) is 29.4 Å². The summed E-state index contributed by atoms with van der Waals surface area (Å²) in [5.74, 6) is 1.09. The number of ether oxygens (including phenoxy) is 3.